The molecule has 1 aliphatic carbocycles. The van der Waals surface area contributed by atoms with Gasteiger partial charge in [0.2, 0.25) is 5.89 Å². The Hall–Kier alpha value is -3.12. The average molecular weight is 421 g/mol. The van der Waals surface area contributed by atoms with Gasteiger partial charge in [-0.3, -0.25) is 4.79 Å². The number of fused-ring (bicyclic) bond motifs is 3. The molecule has 150 valence electrons. The molecule has 2 heterocycles. The van der Waals surface area contributed by atoms with Gasteiger partial charge in [0.05, 0.1) is 11.1 Å². The van der Waals surface area contributed by atoms with Crippen molar-refractivity contribution in [3.05, 3.63) is 88.1 Å². The number of thiophene rings is 1. The van der Waals surface area contributed by atoms with Gasteiger partial charge in [0, 0.05) is 22.4 Å². The lowest BCUT2D eigenvalue weighted by Gasteiger charge is -2.07. The highest BCUT2D eigenvalue weighted by Gasteiger charge is 2.23. The summed E-state index contributed by atoms with van der Waals surface area (Å²) in [5.41, 5.74) is 4.07. The molecule has 3 nitrogen and oxygen atoms in total. The summed E-state index contributed by atoms with van der Waals surface area (Å²) in [4.78, 5) is 18.6. The predicted molar refractivity (Wildman–Crippen MR) is 112 cm³/mol. The fourth-order valence-corrected chi connectivity index (χ4v) is 5.10. The van der Waals surface area contributed by atoms with Crippen molar-refractivity contribution in [2.24, 2.45) is 0 Å². The Bertz CT molecular complexity index is 1220. The molecule has 0 amide bonds. The Balaban J connectivity index is 1.53. The summed E-state index contributed by atoms with van der Waals surface area (Å²) in [6.07, 6.45) is 5.64. The zero-order valence-corrected chi connectivity index (χ0v) is 16.8. The van der Waals surface area contributed by atoms with E-state index in [2.05, 4.69) is 11.1 Å². The van der Waals surface area contributed by atoms with Crippen LogP contribution < -0.4 is 0 Å². The van der Waals surface area contributed by atoms with Gasteiger partial charge in [0.15, 0.2) is 5.78 Å². The van der Waals surface area contributed by atoms with Gasteiger partial charge in [-0.2, -0.15) is 0 Å². The van der Waals surface area contributed by atoms with Gasteiger partial charge in [0.1, 0.15) is 17.9 Å². The van der Waals surface area contributed by atoms with E-state index >= 15 is 0 Å². The Morgan fingerprint density at radius 3 is 2.63 bits per heavy atom. The van der Waals surface area contributed by atoms with E-state index in [4.69, 9.17) is 4.42 Å². The number of Topliss-reactive ketones (excluding diaryl/α,β-unsaturated/α-hetero) is 1. The topological polar surface area (TPSA) is 43.1 Å². The number of hydrogen-bond acceptors (Lipinski definition) is 4. The Morgan fingerprint density at radius 1 is 1.07 bits per heavy atom. The minimum atomic E-state index is -0.692. The average Bonchev–Trinajstić information content (AvgIpc) is 3.39. The number of ketones is 1. The highest BCUT2D eigenvalue weighted by molar-refractivity contribution is 7.17. The molecule has 5 rings (SSSR count). The van der Waals surface area contributed by atoms with Gasteiger partial charge in [0.25, 0.3) is 0 Å². The first kappa shape index (κ1) is 18.9. The van der Waals surface area contributed by atoms with Crippen LogP contribution in [0.5, 0.6) is 0 Å². The number of halogens is 2. The molecule has 6 heteroatoms. The summed E-state index contributed by atoms with van der Waals surface area (Å²) in [6.45, 7) is 0. The van der Waals surface area contributed by atoms with Gasteiger partial charge in [-0.25, -0.2) is 13.8 Å². The van der Waals surface area contributed by atoms with E-state index < -0.39 is 11.6 Å². The Morgan fingerprint density at radius 2 is 1.87 bits per heavy atom. The lowest BCUT2D eigenvalue weighted by molar-refractivity contribution is 0.0994. The molecule has 0 aliphatic heterocycles. The SMILES string of the molecule is O=C(Cc1c(F)cccc1F)c1cc2c(s1)-c1cc(-c3ncco3)ccc1CCC2. The molecule has 0 N–H and O–H groups in total. The summed E-state index contributed by atoms with van der Waals surface area (Å²) in [5, 5.41) is 0. The summed E-state index contributed by atoms with van der Waals surface area (Å²) < 4.78 is 33.4. The molecule has 0 unspecified atom stereocenters. The van der Waals surface area contributed by atoms with Gasteiger partial charge < -0.3 is 4.42 Å². The number of benzene rings is 2. The minimum absolute atomic E-state index is 0.183. The molecule has 4 aromatic rings. The maximum absolute atomic E-state index is 14.0. The van der Waals surface area contributed by atoms with E-state index in [0.29, 0.717) is 10.8 Å². The van der Waals surface area contributed by atoms with Gasteiger partial charge in [-0.1, -0.05) is 12.1 Å². The van der Waals surface area contributed by atoms with Crippen molar-refractivity contribution in [3.8, 4) is 21.9 Å². The van der Waals surface area contributed by atoms with Crippen molar-refractivity contribution in [1.82, 2.24) is 4.98 Å². The van der Waals surface area contributed by atoms with Crippen LogP contribution in [-0.4, -0.2) is 10.8 Å². The number of nitrogens with zero attached hydrogens (tertiary/aromatic N) is 1. The molecular weight excluding hydrogens is 404 g/mol. The van der Waals surface area contributed by atoms with Crippen molar-refractivity contribution in [2.45, 2.75) is 25.7 Å². The number of oxazole rings is 1. The van der Waals surface area contributed by atoms with E-state index in [1.807, 2.05) is 18.2 Å². The summed E-state index contributed by atoms with van der Waals surface area (Å²) in [7, 11) is 0. The third-order valence-corrected chi connectivity index (χ3v) is 6.66. The van der Waals surface area contributed by atoms with Crippen LogP contribution in [0.1, 0.15) is 32.8 Å². The van der Waals surface area contributed by atoms with Crippen molar-refractivity contribution in [3.63, 3.8) is 0 Å². The Labute approximate surface area is 176 Å². The van der Waals surface area contributed by atoms with Crippen LogP contribution in [-0.2, 0) is 19.3 Å². The van der Waals surface area contributed by atoms with Crippen LogP contribution in [0, 0.1) is 11.6 Å². The molecule has 0 radical (unpaired) electrons. The number of aromatic nitrogens is 1. The first-order valence-electron chi connectivity index (χ1n) is 9.72. The third-order valence-electron chi connectivity index (χ3n) is 5.41. The van der Waals surface area contributed by atoms with E-state index in [1.54, 1.807) is 6.20 Å². The normalized spacial score (nSPS) is 12.9. The fraction of sp³-hybridized carbons (Fsp3) is 0.167. The zero-order chi connectivity index (χ0) is 20.7. The number of carbonyl (C=O) groups excluding carboxylic acids is 1. The monoisotopic (exact) mass is 421 g/mol. The molecule has 0 saturated heterocycles. The van der Waals surface area contributed by atoms with Crippen molar-refractivity contribution >= 4 is 17.1 Å². The van der Waals surface area contributed by atoms with Crippen LogP contribution in [0.4, 0.5) is 8.78 Å². The fourth-order valence-electron chi connectivity index (χ4n) is 3.90. The van der Waals surface area contributed by atoms with E-state index in [-0.39, 0.29) is 17.8 Å². The smallest absolute Gasteiger partial charge is 0.225 e. The van der Waals surface area contributed by atoms with E-state index in [9.17, 15) is 13.6 Å². The lowest BCUT2D eigenvalue weighted by Crippen LogP contribution is -2.05. The molecule has 0 bridgehead atoms. The molecule has 1 aliphatic rings. The quantitative estimate of drug-likeness (QED) is 0.365. The number of rotatable bonds is 4. The predicted octanol–water partition coefficient (Wildman–Crippen LogP) is 6.26. The van der Waals surface area contributed by atoms with Crippen LogP contribution in [0.2, 0.25) is 0 Å². The minimum Gasteiger partial charge on any atom is -0.445 e. The maximum atomic E-state index is 14.0. The molecular formula is C24H17F2NO2S. The molecule has 2 aromatic heterocycles. The van der Waals surface area contributed by atoms with Crippen molar-refractivity contribution in [1.29, 1.82) is 0 Å². The van der Waals surface area contributed by atoms with Crippen LogP contribution in [0.15, 0.2) is 59.3 Å². The lowest BCUT2D eigenvalue weighted by atomic mass is 10.0. The van der Waals surface area contributed by atoms with Crippen LogP contribution in [0.3, 0.4) is 0 Å². The molecule has 0 spiro atoms. The van der Waals surface area contributed by atoms with Crippen LogP contribution >= 0.6 is 11.3 Å². The summed E-state index contributed by atoms with van der Waals surface area (Å²) in [5.74, 6) is -1.11. The second kappa shape index (κ2) is 7.61. The standard InChI is InChI=1S/C24H17F2NO2S/c25-19-5-2-6-20(26)18(19)13-21(28)22-12-15-4-1-3-14-7-8-16(24-27-9-10-29-24)11-17(14)23(15)30-22/h2,5-12H,1,3-4,13H2. The second-order valence-electron chi connectivity index (χ2n) is 7.33. The number of carbonyl (C=O) groups is 1. The Kier molecular flexibility index (Phi) is 4.79. The molecule has 0 atom stereocenters. The maximum Gasteiger partial charge on any atom is 0.225 e. The summed E-state index contributed by atoms with van der Waals surface area (Å²) in [6, 6.07) is 11.7. The van der Waals surface area contributed by atoms with Crippen molar-refractivity contribution in [2.75, 3.05) is 0 Å². The molecule has 0 fully saturated rings. The third kappa shape index (κ3) is 3.37. The zero-order valence-electron chi connectivity index (χ0n) is 16.0. The van der Waals surface area contributed by atoms with Crippen LogP contribution in [0.25, 0.3) is 21.9 Å². The van der Waals surface area contributed by atoms with Gasteiger partial charge in [-0.15, -0.1) is 11.3 Å². The second-order valence-corrected chi connectivity index (χ2v) is 8.38. The van der Waals surface area contributed by atoms with E-state index in [1.165, 1.54) is 41.4 Å². The molecule has 0 saturated carbocycles. The van der Waals surface area contributed by atoms with Gasteiger partial charge >= 0.3 is 0 Å². The van der Waals surface area contributed by atoms with E-state index in [0.717, 1.165) is 40.8 Å². The number of aryl methyl sites for hydroxylation is 2. The molecule has 30 heavy (non-hydrogen) atoms. The first-order chi connectivity index (χ1) is 14.6. The first-order valence-corrected chi connectivity index (χ1v) is 10.5. The molecule has 2 aromatic carbocycles. The summed E-state index contributed by atoms with van der Waals surface area (Å²) >= 11 is 1.39. The highest BCUT2D eigenvalue weighted by Crippen LogP contribution is 2.40. The number of hydrogen-bond donors (Lipinski definition) is 0. The highest BCUT2D eigenvalue weighted by atomic mass is 32.1. The largest absolute Gasteiger partial charge is 0.445 e. The van der Waals surface area contributed by atoms with Crippen molar-refractivity contribution < 1.29 is 18.0 Å². The van der Waals surface area contributed by atoms with Gasteiger partial charge in [-0.05, 0) is 66.3 Å².